The molecule has 0 bridgehead atoms. The Balaban J connectivity index is 1.97. The fraction of sp³-hybridized carbons (Fsp3) is 0.400. The van der Waals surface area contributed by atoms with Gasteiger partial charge in [-0.05, 0) is 0 Å². The summed E-state index contributed by atoms with van der Waals surface area (Å²) in [6.45, 7) is -2.00. The molecule has 0 aliphatic heterocycles. The van der Waals surface area contributed by atoms with Crippen LogP contribution >= 0.6 is 0 Å². The molecule has 0 radical (unpaired) electrons. The molecule has 0 fully saturated rings. The molecule has 2 rings (SSSR count). The van der Waals surface area contributed by atoms with Crippen molar-refractivity contribution < 1.29 is 26.8 Å². The van der Waals surface area contributed by atoms with Gasteiger partial charge in [-0.1, -0.05) is 5.16 Å². The maximum absolute atomic E-state index is 12.6. The molecule has 1 N–H and O–H groups in total. The van der Waals surface area contributed by atoms with Crippen molar-refractivity contribution in [3.8, 4) is 17.5 Å². The quantitative estimate of drug-likeness (QED) is 0.816. The van der Waals surface area contributed by atoms with E-state index in [0.29, 0.717) is 0 Å². The Bertz CT molecular complexity index is 648. The van der Waals surface area contributed by atoms with Gasteiger partial charge in [0.15, 0.2) is 5.82 Å². The first kappa shape index (κ1) is 14.9. The molecule has 0 saturated carbocycles. The number of nitrogens with one attached hydrogen (secondary N) is 1. The molecule has 2 aromatic heterocycles. The Morgan fingerprint density at radius 3 is 2.90 bits per heavy atom. The van der Waals surface area contributed by atoms with Crippen molar-refractivity contribution in [3.05, 3.63) is 17.7 Å². The monoisotopic (exact) mass is 305 g/mol. The average Bonchev–Trinajstić information content (AvgIpc) is 3.05. The lowest BCUT2D eigenvalue weighted by Crippen LogP contribution is -2.32. The molecule has 21 heavy (non-hydrogen) atoms. The number of nitrogens with zero attached hydrogens (tertiary/aromatic N) is 4. The highest BCUT2D eigenvalue weighted by Crippen LogP contribution is 2.23. The number of nitriles is 1. The van der Waals surface area contributed by atoms with Gasteiger partial charge in [0.1, 0.15) is 25.0 Å². The molecule has 2 heterocycles. The van der Waals surface area contributed by atoms with E-state index in [1.54, 1.807) is 6.07 Å². The number of alkyl halides is 4. The Kier molecular flexibility index (Phi) is 4.18. The summed E-state index contributed by atoms with van der Waals surface area (Å²) in [6.07, 6.45) is -2.55. The van der Waals surface area contributed by atoms with Gasteiger partial charge < -0.3 is 9.26 Å². The Morgan fingerprint density at radius 1 is 1.48 bits per heavy atom. The Hall–Kier alpha value is -2.48. The zero-order valence-corrected chi connectivity index (χ0v) is 10.2. The molecular weight excluding hydrogens is 298 g/mol. The number of rotatable bonds is 6. The third kappa shape index (κ3) is 3.34. The predicted molar refractivity (Wildman–Crippen MR) is 57.2 cm³/mol. The van der Waals surface area contributed by atoms with Gasteiger partial charge in [0.2, 0.25) is 0 Å². The fourth-order valence-corrected chi connectivity index (χ4v) is 1.30. The summed E-state index contributed by atoms with van der Waals surface area (Å²) >= 11 is 0. The minimum absolute atomic E-state index is 0.0699. The smallest absolute Gasteiger partial charge is 0.330 e. The highest BCUT2D eigenvalue weighted by molar-refractivity contribution is 5.58. The first-order valence-electron chi connectivity index (χ1n) is 5.44. The summed E-state index contributed by atoms with van der Waals surface area (Å²) in [5.74, 6) is -4.44. The van der Waals surface area contributed by atoms with Crippen LogP contribution in [0.1, 0.15) is 11.5 Å². The molecule has 0 aromatic carbocycles. The van der Waals surface area contributed by atoms with Crippen LogP contribution in [0.3, 0.4) is 0 Å². The topological polar surface area (TPSA) is 101 Å². The van der Waals surface area contributed by atoms with Gasteiger partial charge in [-0.15, -0.1) is 0 Å². The van der Waals surface area contributed by atoms with Crippen LogP contribution in [0.2, 0.25) is 0 Å². The van der Waals surface area contributed by atoms with Crippen LogP contribution in [0, 0.1) is 11.3 Å². The molecule has 7 nitrogen and oxygen atoms in total. The summed E-state index contributed by atoms with van der Waals surface area (Å²) in [5.41, 5.74) is 0.310. The second kappa shape index (κ2) is 5.88. The normalized spacial score (nSPS) is 11.8. The molecule has 11 heteroatoms. The molecule has 0 saturated heterocycles. The van der Waals surface area contributed by atoms with Gasteiger partial charge >= 0.3 is 12.3 Å². The van der Waals surface area contributed by atoms with E-state index in [0.717, 1.165) is 0 Å². The van der Waals surface area contributed by atoms with Crippen molar-refractivity contribution in [1.29, 1.82) is 5.26 Å². The largest absolute Gasteiger partial charge is 0.367 e. The summed E-state index contributed by atoms with van der Waals surface area (Å²) in [7, 11) is 0. The lowest BCUT2D eigenvalue weighted by atomic mass is 10.2. The zero-order valence-electron chi connectivity index (χ0n) is 10.2. The van der Waals surface area contributed by atoms with Crippen molar-refractivity contribution in [2.75, 3.05) is 6.61 Å². The first-order chi connectivity index (χ1) is 9.94. The highest BCUT2D eigenvalue weighted by Gasteiger charge is 2.41. The van der Waals surface area contributed by atoms with Crippen LogP contribution in [0.25, 0.3) is 11.5 Å². The molecule has 0 spiro atoms. The fourth-order valence-electron chi connectivity index (χ4n) is 1.30. The van der Waals surface area contributed by atoms with Crippen molar-refractivity contribution >= 4 is 0 Å². The molecule has 2 aromatic rings. The number of halogens is 4. The first-order valence-corrected chi connectivity index (χ1v) is 5.44. The van der Waals surface area contributed by atoms with E-state index < -0.39 is 25.6 Å². The third-order valence-corrected chi connectivity index (χ3v) is 2.29. The van der Waals surface area contributed by atoms with Crippen LogP contribution in [0.4, 0.5) is 17.6 Å². The Morgan fingerprint density at radius 2 is 2.24 bits per heavy atom. The van der Waals surface area contributed by atoms with Crippen LogP contribution < -0.4 is 0 Å². The number of aromatic nitrogens is 4. The van der Waals surface area contributed by atoms with Crippen LogP contribution in [-0.4, -0.2) is 39.3 Å². The van der Waals surface area contributed by atoms with E-state index in [-0.39, 0.29) is 23.0 Å². The molecule has 0 aliphatic rings. The van der Waals surface area contributed by atoms with Crippen molar-refractivity contribution in [2.24, 2.45) is 0 Å². The van der Waals surface area contributed by atoms with E-state index in [1.165, 1.54) is 6.20 Å². The van der Waals surface area contributed by atoms with Gasteiger partial charge in [0.05, 0.1) is 11.8 Å². The summed E-state index contributed by atoms with van der Waals surface area (Å²) < 4.78 is 58.2. The second-order valence-electron chi connectivity index (χ2n) is 3.84. The molecule has 0 amide bonds. The van der Waals surface area contributed by atoms with Crippen LogP contribution in [0.5, 0.6) is 0 Å². The maximum Gasteiger partial charge on any atom is 0.330 e. The molecular formula is C10H7F4N5O2. The predicted octanol–water partition coefficient (Wildman–Crippen LogP) is 1.75. The number of ether oxygens (including phenoxy) is 1. The molecule has 112 valence electrons. The van der Waals surface area contributed by atoms with E-state index in [1.807, 2.05) is 0 Å². The standard InChI is InChI=1S/C10H7F4N5O2/c11-9(12)10(13,14)4-20-3-7-17-8(21-19-7)5-2-16-18-6(5)1-15/h2,9H,3-4H2,(H,16,18). The third-order valence-electron chi connectivity index (χ3n) is 2.29. The number of hydrogen-bond acceptors (Lipinski definition) is 6. The van der Waals surface area contributed by atoms with Crippen LogP contribution in [-0.2, 0) is 11.3 Å². The lowest BCUT2D eigenvalue weighted by molar-refractivity contribution is -0.168. The van der Waals surface area contributed by atoms with Gasteiger partial charge in [0.25, 0.3) is 5.89 Å². The van der Waals surface area contributed by atoms with E-state index >= 15 is 0 Å². The number of aromatic amines is 1. The van der Waals surface area contributed by atoms with Gasteiger partial charge in [-0.25, -0.2) is 8.78 Å². The lowest BCUT2D eigenvalue weighted by Gasteiger charge is -2.14. The molecule has 0 atom stereocenters. The van der Waals surface area contributed by atoms with Gasteiger partial charge in [-0.2, -0.15) is 24.1 Å². The van der Waals surface area contributed by atoms with Crippen molar-refractivity contribution in [3.63, 3.8) is 0 Å². The van der Waals surface area contributed by atoms with Crippen LogP contribution in [0.15, 0.2) is 10.7 Å². The summed E-state index contributed by atoms with van der Waals surface area (Å²) in [6, 6.07) is 1.80. The van der Waals surface area contributed by atoms with Crippen molar-refractivity contribution in [1.82, 2.24) is 20.3 Å². The average molecular weight is 305 g/mol. The number of hydrogen-bond donors (Lipinski definition) is 1. The highest BCUT2D eigenvalue weighted by atomic mass is 19.3. The summed E-state index contributed by atoms with van der Waals surface area (Å²) in [5, 5.41) is 18.2. The minimum atomic E-state index is -4.24. The maximum atomic E-state index is 12.6. The van der Waals surface area contributed by atoms with Gasteiger partial charge in [-0.3, -0.25) is 5.10 Å². The summed E-state index contributed by atoms with van der Waals surface area (Å²) in [4.78, 5) is 3.78. The van der Waals surface area contributed by atoms with Crippen molar-refractivity contribution in [2.45, 2.75) is 19.0 Å². The van der Waals surface area contributed by atoms with E-state index in [4.69, 9.17) is 9.78 Å². The molecule has 0 unspecified atom stereocenters. The van der Waals surface area contributed by atoms with Gasteiger partial charge in [0, 0.05) is 0 Å². The second-order valence-corrected chi connectivity index (χ2v) is 3.84. The minimum Gasteiger partial charge on any atom is -0.367 e. The van der Waals surface area contributed by atoms with E-state index in [9.17, 15) is 17.6 Å². The SMILES string of the molecule is N#Cc1[nH]ncc1-c1nc(COCC(F)(F)C(F)F)no1. The number of H-pyrrole nitrogens is 1. The molecule has 0 aliphatic carbocycles. The zero-order chi connectivity index (χ0) is 15.5. The van der Waals surface area contributed by atoms with E-state index in [2.05, 4.69) is 25.1 Å². The Labute approximate surface area is 114 Å².